The molecule has 0 aliphatic heterocycles. The van der Waals surface area contributed by atoms with E-state index in [4.69, 9.17) is 18.6 Å². The van der Waals surface area contributed by atoms with Crippen molar-refractivity contribution < 1.29 is 28.5 Å². The van der Waals surface area contributed by atoms with Crippen molar-refractivity contribution in [3.05, 3.63) is 95.4 Å². The molecule has 4 rings (SSSR count). The van der Waals surface area contributed by atoms with Gasteiger partial charge in [0.05, 0.1) is 18.9 Å². The first-order chi connectivity index (χ1) is 17.5. The van der Waals surface area contributed by atoms with Gasteiger partial charge in [-0.1, -0.05) is 37.3 Å². The van der Waals surface area contributed by atoms with Gasteiger partial charge in [-0.3, -0.25) is 0 Å². The molecule has 1 N–H and O–H groups in total. The second-order valence-electron chi connectivity index (χ2n) is 8.23. The molecule has 0 saturated heterocycles. The maximum Gasteiger partial charge on any atom is 0.339 e. The Balaban J connectivity index is 1.31. The van der Waals surface area contributed by atoms with Gasteiger partial charge in [0.1, 0.15) is 35.2 Å². The highest BCUT2D eigenvalue weighted by molar-refractivity contribution is 5.91. The Morgan fingerprint density at radius 3 is 2.36 bits per heavy atom. The predicted molar refractivity (Wildman–Crippen MR) is 136 cm³/mol. The van der Waals surface area contributed by atoms with Gasteiger partial charge < -0.3 is 23.7 Å². The van der Waals surface area contributed by atoms with Gasteiger partial charge in [0.2, 0.25) is 5.89 Å². The second-order valence-corrected chi connectivity index (χ2v) is 8.23. The van der Waals surface area contributed by atoms with Gasteiger partial charge in [-0.15, -0.1) is 0 Å². The number of benzene rings is 3. The topological polar surface area (TPSA) is 91.0 Å². The van der Waals surface area contributed by atoms with Gasteiger partial charge in [0, 0.05) is 18.1 Å². The summed E-state index contributed by atoms with van der Waals surface area (Å²) in [6.07, 6.45) is 1.49. The molecule has 3 aromatic carbocycles. The molecule has 0 saturated carbocycles. The molecule has 1 aromatic heterocycles. The van der Waals surface area contributed by atoms with E-state index in [0.29, 0.717) is 31.3 Å². The fourth-order valence-electron chi connectivity index (χ4n) is 3.58. The van der Waals surface area contributed by atoms with Crippen molar-refractivity contribution in [2.45, 2.75) is 33.3 Å². The van der Waals surface area contributed by atoms with Crippen molar-refractivity contribution in [2.24, 2.45) is 0 Å². The summed E-state index contributed by atoms with van der Waals surface area (Å²) in [5.41, 5.74) is 2.80. The largest absolute Gasteiger partial charge is 0.493 e. The first kappa shape index (κ1) is 24.9. The number of ether oxygens (including phenoxy) is 3. The number of oxazole rings is 1. The zero-order valence-corrected chi connectivity index (χ0v) is 20.4. The Morgan fingerprint density at radius 1 is 0.917 bits per heavy atom. The van der Waals surface area contributed by atoms with Crippen LogP contribution in [0.4, 0.5) is 0 Å². The summed E-state index contributed by atoms with van der Waals surface area (Å²) in [6, 6.07) is 22.1. The number of rotatable bonds is 12. The molecule has 0 bridgehead atoms. The molecule has 7 heteroatoms. The maximum atomic E-state index is 11.6. The summed E-state index contributed by atoms with van der Waals surface area (Å²) in [4.78, 5) is 16.2. The van der Waals surface area contributed by atoms with E-state index < -0.39 is 5.97 Å². The van der Waals surface area contributed by atoms with Crippen molar-refractivity contribution in [3.63, 3.8) is 0 Å². The van der Waals surface area contributed by atoms with Gasteiger partial charge in [-0.25, -0.2) is 9.78 Å². The number of aryl methyl sites for hydroxylation is 1. The zero-order valence-electron chi connectivity index (χ0n) is 20.4. The normalized spacial score (nSPS) is 10.7. The molecule has 0 fully saturated rings. The highest BCUT2D eigenvalue weighted by Crippen LogP contribution is 2.27. The SMILES string of the molecule is CCCOc1ccc(C(=O)O)c(OCc2ccc(OCCc3nc(-c4ccccc4)oc3C)cc2)c1. The Bertz CT molecular complexity index is 1280. The van der Waals surface area contributed by atoms with E-state index in [9.17, 15) is 9.90 Å². The van der Waals surface area contributed by atoms with Gasteiger partial charge in [0.25, 0.3) is 0 Å². The minimum atomic E-state index is -1.05. The molecular weight excluding hydrogens is 458 g/mol. The number of carboxylic acid groups (broad SMARTS) is 1. The van der Waals surface area contributed by atoms with E-state index in [2.05, 4.69) is 4.98 Å². The van der Waals surface area contributed by atoms with Gasteiger partial charge in [-0.05, 0) is 55.3 Å². The number of carbonyl (C=O) groups is 1. The van der Waals surface area contributed by atoms with E-state index in [-0.39, 0.29) is 17.9 Å². The molecule has 0 amide bonds. The monoisotopic (exact) mass is 487 g/mol. The minimum absolute atomic E-state index is 0.0948. The molecule has 7 nitrogen and oxygen atoms in total. The quantitative estimate of drug-likeness (QED) is 0.249. The molecular formula is C29H29NO6. The van der Waals surface area contributed by atoms with E-state index in [0.717, 1.165) is 34.8 Å². The van der Waals surface area contributed by atoms with Crippen LogP contribution in [0.25, 0.3) is 11.5 Å². The van der Waals surface area contributed by atoms with Crippen LogP contribution in [0.2, 0.25) is 0 Å². The molecule has 0 radical (unpaired) electrons. The average Bonchev–Trinajstić information content (AvgIpc) is 3.27. The summed E-state index contributed by atoms with van der Waals surface area (Å²) in [7, 11) is 0. The van der Waals surface area contributed by atoms with Crippen LogP contribution in [-0.2, 0) is 13.0 Å². The van der Waals surface area contributed by atoms with Gasteiger partial charge in [0.15, 0.2) is 0 Å². The van der Waals surface area contributed by atoms with Crippen molar-refractivity contribution >= 4 is 5.97 Å². The van der Waals surface area contributed by atoms with Crippen LogP contribution in [0.15, 0.2) is 77.2 Å². The third-order valence-corrected chi connectivity index (χ3v) is 5.50. The van der Waals surface area contributed by atoms with E-state index in [1.165, 1.54) is 6.07 Å². The first-order valence-electron chi connectivity index (χ1n) is 11.9. The highest BCUT2D eigenvalue weighted by Gasteiger charge is 2.14. The summed E-state index contributed by atoms with van der Waals surface area (Å²) in [5.74, 6) is 1.93. The standard InChI is InChI=1S/C29H29NO6/c1-3-16-33-24-13-14-25(29(31)32)27(18-24)35-19-21-9-11-23(12-10-21)34-17-15-26-20(2)36-28(30-26)22-7-5-4-6-8-22/h4-14,18H,3,15-17,19H2,1-2H3,(H,31,32). The smallest absolute Gasteiger partial charge is 0.339 e. The Kier molecular flexibility index (Phi) is 8.24. The molecule has 0 atom stereocenters. The lowest BCUT2D eigenvalue weighted by Gasteiger charge is -2.12. The van der Waals surface area contributed by atoms with Crippen molar-refractivity contribution in [1.82, 2.24) is 4.98 Å². The third-order valence-electron chi connectivity index (χ3n) is 5.50. The number of hydrogen-bond donors (Lipinski definition) is 1. The number of aromatic carboxylic acids is 1. The fraction of sp³-hybridized carbons (Fsp3) is 0.241. The molecule has 4 aromatic rings. The predicted octanol–water partition coefficient (Wildman–Crippen LogP) is 6.34. The lowest BCUT2D eigenvalue weighted by atomic mass is 10.2. The molecule has 0 aliphatic carbocycles. The lowest BCUT2D eigenvalue weighted by Crippen LogP contribution is -2.05. The van der Waals surface area contributed by atoms with Crippen LogP contribution in [-0.4, -0.2) is 29.3 Å². The van der Waals surface area contributed by atoms with Crippen molar-refractivity contribution in [1.29, 1.82) is 0 Å². The van der Waals surface area contributed by atoms with Crippen LogP contribution >= 0.6 is 0 Å². The molecule has 0 spiro atoms. The lowest BCUT2D eigenvalue weighted by molar-refractivity contribution is 0.0691. The number of carboxylic acids is 1. The van der Waals surface area contributed by atoms with Crippen LogP contribution in [0.3, 0.4) is 0 Å². The van der Waals surface area contributed by atoms with E-state index >= 15 is 0 Å². The highest BCUT2D eigenvalue weighted by atomic mass is 16.5. The Hall–Kier alpha value is -4.26. The van der Waals surface area contributed by atoms with Crippen LogP contribution in [0, 0.1) is 6.92 Å². The second kappa shape index (κ2) is 11.9. The average molecular weight is 488 g/mol. The summed E-state index contributed by atoms with van der Waals surface area (Å²) >= 11 is 0. The summed E-state index contributed by atoms with van der Waals surface area (Å²) in [5, 5.41) is 9.46. The number of nitrogens with zero attached hydrogens (tertiary/aromatic N) is 1. The van der Waals surface area contributed by atoms with Gasteiger partial charge >= 0.3 is 5.97 Å². The number of aromatic nitrogens is 1. The molecule has 186 valence electrons. The number of hydrogen-bond acceptors (Lipinski definition) is 6. The third kappa shape index (κ3) is 6.44. The molecule has 1 heterocycles. The summed E-state index contributed by atoms with van der Waals surface area (Å²) < 4.78 is 23.1. The Morgan fingerprint density at radius 2 is 1.64 bits per heavy atom. The van der Waals surface area contributed by atoms with E-state index in [1.54, 1.807) is 12.1 Å². The van der Waals surface area contributed by atoms with Crippen LogP contribution < -0.4 is 14.2 Å². The minimum Gasteiger partial charge on any atom is -0.493 e. The van der Waals surface area contributed by atoms with Crippen LogP contribution in [0.5, 0.6) is 17.2 Å². The summed E-state index contributed by atoms with van der Waals surface area (Å²) in [6.45, 7) is 5.15. The van der Waals surface area contributed by atoms with Gasteiger partial charge in [-0.2, -0.15) is 0 Å². The van der Waals surface area contributed by atoms with E-state index in [1.807, 2.05) is 68.4 Å². The van der Waals surface area contributed by atoms with Crippen molar-refractivity contribution in [3.8, 4) is 28.7 Å². The molecule has 0 unspecified atom stereocenters. The Labute approximate surface area is 210 Å². The molecule has 0 aliphatic rings. The zero-order chi connectivity index (χ0) is 25.3. The van der Waals surface area contributed by atoms with Crippen molar-refractivity contribution in [2.75, 3.05) is 13.2 Å². The molecule has 36 heavy (non-hydrogen) atoms. The maximum absolute atomic E-state index is 11.6. The fourth-order valence-corrected chi connectivity index (χ4v) is 3.58. The first-order valence-corrected chi connectivity index (χ1v) is 11.9. The van der Waals surface area contributed by atoms with Crippen LogP contribution in [0.1, 0.15) is 40.7 Å².